The standard InChI is InChI=1S/C29H28ClF3N6O3S/c1-16-11-25-22(14-37(16)27(40)20-7-10-24(30)23(12-20)29(31,32)33)26-28(41)38(13-17(2)39(26)36-25)18(3)19-5-8-21(9-6-19)43(4,42)35-15-34/h5-10,12,16-18H,11,13-14H2,1-4H3/t16-,17-,18-,43-/m1/s1. The van der Waals surface area contributed by atoms with Crippen LogP contribution in [0.3, 0.4) is 0 Å². The lowest BCUT2D eigenvalue weighted by Crippen LogP contribution is -2.45. The first-order chi connectivity index (χ1) is 20.1. The highest BCUT2D eigenvalue weighted by Gasteiger charge is 2.41. The normalized spacial score (nSPS) is 20.5. The predicted molar refractivity (Wildman–Crippen MR) is 153 cm³/mol. The minimum Gasteiger partial charge on any atom is -0.331 e. The summed E-state index contributed by atoms with van der Waals surface area (Å²) in [7, 11) is -2.86. The van der Waals surface area contributed by atoms with Crippen molar-refractivity contribution in [2.45, 2.75) is 62.9 Å². The zero-order chi connectivity index (χ0) is 31.4. The summed E-state index contributed by atoms with van der Waals surface area (Å²) in [4.78, 5) is 31.0. The van der Waals surface area contributed by atoms with Crippen molar-refractivity contribution in [1.29, 1.82) is 5.26 Å². The topological polar surface area (TPSA) is 112 Å². The molecule has 0 unspecified atom stereocenters. The zero-order valence-electron chi connectivity index (χ0n) is 23.7. The summed E-state index contributed by atoms with van der Waals surface area (Å²) in [6, 6.07) is 8.91. The molecule has 1 aromatic heterocycles. The van der Waals surface area contributed by atoms with Crippen molar-refractivity contribution in [3.63, 3.8) is 0 Å². The van der Waals surface area contributed by atoms with Gasteiger partial charge in [-0.1, -0.05) is 23.7 Å². The van der Waals surface area contributed by atoms with E-state index in [9.17, 15) is 27.0 Å². The second-order valence-electron chi connectivity index (χ2n) is 10.9. The summed E-state index contributed by atoms with van der Waals surface area (Å²) in [5.41, 5.74) is 1.15. The molecule has 3 heterocycles. The minimum atomic E-state index is -4.72. The third-order valence-corrected chi connectivity index (χ3v) is 9.95. The monoisotopic (exact) mass is 632 g/mol. The van der Waals surface area contributed by atoms with Gasteiger partial charge in [0.25, 0.3) is 11.8 Å². The summed E-state index contributed by atoms with van der Waals surface area (Å²) >= 11 is 5.76. The maximum absolute atomic E-state index is 14.0. The lowest BCUT2D eigenvalue weighted by atomic mass is 9.96. The lowest BCUT2D eigenvalue weighted by Gasteiger charge is -2.37. The Balaban J connectivity index is 1.45. The molecular formula is C29H28ClF3N6O3S. The third kappa shape index (κ3) is 5.49. The Kier molecular flexibility index (Phi) is 7.81. The van der Waals surface area contributed by atoms with Crippen molar-refractivity contribution in [2.24, 2.45) is 4.36 Å². The largest absolute Gasteiger partial charge is 0.417 e. The van der Waals surface area contributed by atoms with Crippen LogP contribution in [0.1, 0.15) is 76.1 Å². The highest BCUT2D eigenvalue weighted by Crippen LogP contribution is 2.38. The van der Waals surface area contributed by atoms with E-state index in [1.165, 1.54) is 17.2 Å². The van der Waals surface area contributed by atoms with Gasteiger partial charge in [0.05, 0.1) is 44.6 Å². The molecule has 3 aromatic rings. The Morgan fingerprint density at radius 1 is 1.19 bits per heavy atom. The number of nitrogens with zero attached hydrogens (tertiary/aromatic N) is 6. The van der Waals surface area contributed by atoms with Gasteiger partial charge in [0.15, 0.2) is 0 Å². The maximum atomic E-state index is 14.0. The molecule has 0 saturated heterocycles. The number of nitriles is 1. The van der Waals surface area contributed by atoms with E-state index in [2.05, 4.69) is 4.36 Å². The fourth-order valence-corrected chi connectivity index (χ4v) is 6.77. The molecule has 2 aliphatic rings. The fraction of sp³-hybridized carbons (Fsp3) is 0.379. The molecule has 0 bridgehead atoms. The SMILES string of the molecule is C[C@@H]1Cc2nn3c(c2CN1C(=O)c1ccc(Cl)c(C(F)(F)F)c1)C(=O)N([C@H](C)c1ccc([S@@](C)(=O)=NC#N)cc1)C[C@H]3C. The number of alkyl halides is 3. The van der Waals surface area contributed by atoms with Crippen LogP contribution in [0.2, 0.25) is 5.02 Å². The van der Waals surface area contributed by atoms with Gasteiger partial charge in [-0.05, 0) is 56.7 Å². The fourth-order valence-electron chi connectivity index (χ4n) is 5.65. The summed E-state index contributed by atoms with van der Waals surface area (Å²) in [6.07, 6.45) is -1.42. The zero-order valence-corrected chi connectivity index (χ0v) is 25.3. The molecule has 0 radical (unpaired) electrons. The van der Waals surface area contributed by atoms with E-state index < -0.39 is 32.4 Å². The van der Waals surface area contributed by atoms with Crippen LogP contribution < -0.4 is 0 Å². The Morgan fingerprint density at radius 3 is 2.49 bits per heavy atom. The van der Waals surface area contributed by atoms with Gasteiger partial charge in [-0.25, -0.2) is 4.21 Å². The quantitative estimate of drug-likeness (QED) is 0.335. The first kappa shape index (κ1) is 30.6. The highest BCUT2D eigenvalue weighted by molar-refractivity contribution is 7.93. The van der Waals surface area contributed by atoms with E-state index >= 15 is 0 Å². The molecule has 5 rings (SSSR count). The lowest BCUT2D eigenvalue weighted by molar-refractivity contribution is -0.137. The van der Waals surface area contributed by atoms with Gasteiger partial charge in [0.2, 0.25) is 6.19 Å². The molecule has 0 aliphatic carbocycles. The van der Waals surface area contributed by atoms with Gasteiger partial charge < -0.3 is 9.80 Å². The Bertz CT molecular complexity index is 1790. The molecule has 2 aromatic carbocycles. The van der Waals surface area contributed by atoms with Crippen molar-refractivity contribution < 1.29 is 27.0 Å². The second-order valence-corrected chi connectivity index (χ2v) is 13.6. The number of carbonyl (C=O) groups excluding carboxylic acids is 2. The molecule has 43 heavy (non-hydrogen) atoms. The van der Waals surface area contributed by atoms with Crippen LogP contribution in [0.25, 0.3) is 0 Å². The molecule has 0 saturated carbocycles. The first-order valence-corrected chi connectivity index (χ1v) is 15.7. The number of hydrogen-bond donors (Lipinski definition) is 0. The summed E-state index contributed by atoms with van der Waals surface area (Å²) in [5, 5.41) is 13.1. The van der Waals surface area contributed by atoms with E-state index in [0.717, 1.165) is 17.7 Å². The predicted octanol–water partition coefficient (Wildman–Crippen LogP) is 5.86. The molecule has 14 heteroatoms. The van der Waals surface area contributed by atoms with Crippen molar-refractivity contribution in [3.05, 3.63) is 81.1 Å². The average molecular weight is 633 g/mol. The van der Waals surface area contributed by atoms with Crippen LogP contribution in [0.15, 0.2) is 51.7 Å². The summed E-state index contributed by atoms with van der Waals surface area (Å²) in [6.45, 7) is 5.98. The van der Waals surface area contributed by atoms with Crippen molar-refractivity contribution in [2.75, 3.05) is 12.8 Å². The molecule has 0 spiro atoms. The number of hydrogen-bond acceptors (Lipinski definition) is 6. The van der Waals surface area contributed by atoms with Gasteiger partial charge in [0, 0.05) is 41.3 Å². The number of carbonyl (C=O) groups is 2. The van der Waals surface area contributed by atoms with Crippen LogP contribution >= 0.6 is 11.6 Å². The molecule has 2 aliphatic heterocycles. The van der Waals surface area contributed by atoms with Crippen molar-refractivity contribution in [3.8, 4) is 6.19 Å². The second kappa shape index (κ2) is 11.0. The molecular weight excluding hydrogens is 605 g/mol. The molecule has 0 N–H and O–H groups in total. The molecule has 4 atom stereocenters. The van der Waals surface area contributed by atoms with Gasteiger partial charge in [0.1, 0.15) is 5.69 Å². The van der Waals surface area contributed by atoms with Gasteiger partial charge >= 0.3 is 6.18 Å². The van der Waals surface area contributed by atoms with Crippen molar-refractivity contribution in [1.82, 2.24) is 19.6 Å². The van der Waals surface area contributed by atoms with E-state index in [1.807, 2.05) is 13.8 Å². The van der Waals surface area contributed by atoms with E-state index in [-0.39, 0.29) is 36.1 Å². The number of amides is 2. The average Bonchev–Trinajstić information content (AvgIpc) is 3.32. The van der Waals surface area contributed by atoms with E-state index in [4.69, 9.17) is 22.0 Å². The smallest absolute Gasteiger partial charge is 0.331 e. The van der Waals surface area contributed by atoms with Crippen LogP contribution in [0.5, 0.6) is 0 Å². The first-order valence-electron chi connectivity index (χ1n) is 13.4. The van der Waals surface area contributed by atoms with Gasteiger partial charge in [-0.3, -0.25) is 14.3 Å². The minimum absolute atomic E-state index is 0.0112. The number of rotatable bonds is 4. The summed E-state index contributed by atoms with van der Waals surface area (Å²) < 4.78 is 58.2. The number of aromatic nitrogens is 2. The van der Waals surface area contributed by atoms with Gasteiger partial charge in [-0.2, -0.15) is 23.5 Å². The highest BCUT2D eigenvalue weighted by atomic mass is 35.5. The van der Waals surface area contributed by atoms with Crippen LogP contribution in [-0.4, -0.2) is 54.4 Å². The van der Waals surface area contributed by atoms with Crippen LogP contribution in [0, 0.1) is 11.5 Å². The Labute approximate surface area is 252 Å². The van der Waals surface area contributed by atoms with E-state index in [1.54, 1.807) is 47.0 Å². The third-order valence-electron chi connectivity index (χ3n) is 8.04. The molecule has 2 amide bonds. The summed E-state index contributed by atoms with van der Waals surface area (Å²) in [5.74, 6) is -0.882. The maximum Gasteiger partial charge on any atom is 0.417 e. The number of fused-ring (bicyclic) bond motifs is 3. The van der Waals surface area contributed by atoms with Gasteiger partial charge in [-0.15, -0.1) is 4.36 Å². The Morgan fingerprint density at radius 2 is 1.86 bits per heavy atom. The Hall–Kier alpha value is -3.89. The molecule has 0 fully saturated rings. The number of halogens is 4. The van der Waals surface area contributed by atoms with Crippen LogP contribution in [0.4, 0.5) is 13.2 Å². The van der Waals surface area contributed by atoms with Crippen molar-refractivity contribution >= 4 is 33.1 Å². The van der Waals surface area contributed by atoms with E-state index in [0.29, 0.717) is 34.8 Å². The molecule has 226 valence electrons. The molecule has 9 nitrogen and oxygen atoms in total. The van der Waals surface area contributed by atoms with Crippen LogP contribution in [-0.2, 0) is 28.9 Å². The number of benzene rings is 2.